The summed E-state index contributed by atoms with van der Waals surface area (Å²) in [5.74, 6) is 0.765. The number of halogens is 1. The maximum absolute atomic E-state index is 5.88. The molecule has 0 saturated heterocycles. The quantitative estimate of drug-likeness (QED) is 0.427. The molecule has 1 heteroatoms. The summed E-state index contributed by atoms with van der Waals surface area (Å²) in [4.78, 5) is 0. The van der Waals surface area contributed by atoms with E-state index in [-0.39, 0.29) is 0 Å². The second-order valence-corrected chi connectivity index (χ2v) is 3.88. The van der Waals surface area contributed by atoms with Gasteiger partial charge in [0.05, 0.1) is 0 Å². The third-order valence-corrected chi connectivity index (χ3v) is 2.16. The predicted octanol–water partition coefficient (Wildman–Crippen LogP) is 3.36. The van der Waals surface area contributed by atoms with Crippen molar-refractivity contribution in [3.63, 3.8) is 0 Å². The van der Waals surface area contributed by atoms with Crippen LogP contribution in [0, 0.1) is 5.92 Å². The fraction of sp³-hybridized carbons (Fsp3) is 0.778. The average molecular weight is 159 g/mol. The molecule has 0 nitrogen and oxygen atoms in total. The summed E-state index contributed by atoms with van der Waals surface area (Å²) in [6, 6.07) is 0. The largest absolute Gasteiger partial charge is 0.123 e. The van der Waals surface area contributed by atoms with Crippen molar-refractivity contribution >= 4 is 11.6 Å². The Labute approximate surface area is 68.3 Å². The third-order valence-electron chi connectivity index (χ3n) is 1.98. The lowest BCUT2D eigenvalue weighted by Gasteiger charge is -2.16. The molecular formula is C9H15Cl. The lowest BCUT2D eigenvalue weighted by Crippen LogP contribution is -2.05. The van der Waals surface area contributed by atoms with E-state index >= 15 is 0 Å². The van der Waals surface area contributed by atoms with Crippen molar-refractivity contribution in [2.24, 2.45) is 5.92 Å². The first-order valence-electron chi connectivity index (χ1n) is 4.10. The molecule has 0 N–H and O–H groups in total. The Kier molecular flexibility index (Phi) is 3.27. The molecule has 2 atom stereocenters. The highest BCUT2D eigenvalue weighted by Gasteiger charge is 2.10. The summed E-state index contributed by atoms with van der Waals surface area (Å²) in [5.41, 5.74) is 0. The fourth-order valence-corrected chi connectivity index (χ4v) is 1.73. The molecule has 0 radical (unpaired) electrons. The maximum atomic E-state index is 5.88. The van der Waals surface area contributed by atoms with Gasteiger partial charge in [-0.05, 0) is 38.5 Å². The Morgan fingerprint density at radius 1 is 1.70 bits per heavy atom. The van der Waals surface area contributed by atoms with Gasteiger partial charge in [-0.2, -0.15) is 0 Å². The van der Waals surface area contributed by atoms with Crippen LogP contribution >= 0.6 is 11.6 Å². The summed E-state index contributed by atoms with van der Waals surface area (Å²) in [7, 11) is 0. The van der Waals surface area contributed by atoms with Crippen molar-refractivity contribution in [3.05, 3.63) is 12.2 Å². The van der Waals surface area contributed by atoms with Gasteiger partial charge in [-0.15, -0.1) is 11.6 Å². The number of rotatable bonds is 2. The Bertz CT molecular complexity index is 116. The Morgan fingerprint density at radius 3 is 3.00 bits per heavy atom. The molecule has 0 aliphatic heterocycles. The van der Waals surface area contributed by atoms with Crippen LogP contribution in [0.5, 0.6) is 0 Å². The molecule has 0 saturated carbocycles. The highest BCUT2D eigenvalue weighted by molar-refractivity contribution is 6.20. The molecule has 0 amide bonds. The zero-order valence-corrected chi connectivity index (χ0v) is 7.27. The van der Waals surface area contributed by atoms with E-state index in [1.165, 1.54) is 19.3 Å². The van der Waals surface area contributed by atoms with Gasteiger partial charge in [-0.25, -0.2) is 0 Å². The third kappa shape index (κ3) is 2.74. The normalized spacial score (nSPS) is 28.4. The summed E-state index contributed by atoms with van der Waals surface area (Å²) < 4.78 is 0. The van der Waals surface area contributed by atoms with Crippen LogP contribution in [-0.4, -0.2) is 5.38 Å². The minimum atomic E-state index is 0.341. The first-order chi connectivity index (χ1) is 4.79. The zero-order valence-electron chi connectivity index (χ0n) is 6.52. The van der Waals surface area contributed by atoms with E-state index < -0.39 is 0 Å². The smallest absolute Gasteiger partial charge is 0.0313 e. The zero-order chi connectivity index (χ0) is 7.40. The van der Waals surface area contributed by atoms with Crippen LogP contribution in [-0.2, 0) is 0 Å². The number of hydrogen-bond acceptors (Lipinski definition) is 0. The van der Waals surface area contributed by atoms with E-state index in [1.807, 2.05) is 0 Å². The van der Waals surface area contributed by atoms with Crippen molar-refractivity contribution < 1.29 is 0 Å². The molecule has 58 valence electrons. The molecule has 0 unspecified atom stereocenters. The molecular weight excluding hydrogens is 144 g/mol. The van der Waals surface area contributed by atoms with Gasteiger partial charge >= 0.3 is 0 Å². The standard InChI is InChI=1S/C9H15Cl/c1-8(10)7-9-5-3-2-4-6-9/h3,5,8-9H,2,4,6-7H2,1H3/t8-,9-/m0/s1. The van der Waals surface area contributed by atoms with Crippen molar-refractivity contribution in [2.75, 3.05) is 0 Å². The SMILES string of the molecule is C[C@H](Cl)C[C@H]1C=CCCC1. The molecule has 0 aromatic rings. The Balaban J connectivity index is 2.26. The lowest BCUT2D eigenvalue weighted by molar-refractivity contribution is 0.503. The van der Waals surface area contributed by atoms with Gasteiger partial charge in [0.1, 0.15) is 0 Å². The summed E-state index contributed by atoms with van der Waals surface area (Å²) in [6.45, 7) is 2.07. The number of alkyl halides is 1. The van der Waals surface area contributed by atoms with Gasteiger partial charge < -0.3 is 0 Å². The molecule has 1 aliphatic carbocycles. The van der Waals surface area contributed by atoms with E-state index in [4.69, 9.17) is 11.6 Å². The van der Waals surface area contributed by atoms with Gasteiger partial charge in [0.25, 0.3) is 0 Å². The van der Waals surface area contributed by atoms with E-state index in [2.05, 4.69) is 19.1 Å². The van der Waals surface area contributed by atoms with Crippen LogP contribution in [0.25, 0.3) is 0 Å². The van der Waals surface area contributed by atoms with Crippen molar-refractivity contribution in [1.29, 1.82) is 0 Å². The Morgan fingerprint density at radius 2 is 2.50 bits per heavy atom. The van der Waals surface area contributed by atoms with Crippen molar-refractivity contribution in [3.8, 4) is 0 Å². The lowest BCUT2D eigenvalue weighted by atomic mass is 9.92. The van der Waals surface area contributed by atoms with Crippen LogP contribution in [0.3, 0.4) is 0 Å². The number of hydrogen-bond donors (Lipinski definition) is 0. The molecule has 0 aromatic carbocycles. The average Bonchev–Trinajstić information content (AvgIpc) is 1.88. The molecule has 10 heavy (non-hydrogen) atoms. The summed E-state index contributed by atoms with van der Waals surface area (Å²) >= 11 is 5.88. The van der Waals surface area contributed by atoms with E-state index in [1.54, 1.807) is 0 Å². The number of allylic oxidation sites excluding steroid dienone is 2. The predicted molar refractivity (Wildman–Crippen MR) is 46.4 cm³/mol. The molecule has 1 rings (SSSR count). The van der Waals surface area contributed by atoms with Crippen LogP contribution in [0.15, 0.2) is 12.2 Å². The highest BCUT2D eigenvalue weighted by atomic mass is 35.5. The van der Waals surface area contributed by atoms with Gasteiger partial charge in [0.2, 0.25) is 0 Å². The fourth-order valence-electron chi connectivity index (χ4n) is 1.50. The van der Waals surface area contributed by atoms with Crippen LogP contribution in [0.4, 0.5) is 0 Å². The maximum Gasteiger partial charge on any atom is 0.0313 e. The topological polar surface area (TPSA) is 0 Å². The minimum absolute atomic E-state index is 0.341. The van der Waals surface area contributed by atoms with Gasteiger partial charge in [-0.1, -0.05) is 12.2 Å². The second kappa shape index (κ2) is 4.02. The summed E-state index contributed by atoms with van der Waals surface area (Å²) in [5, 5.41) is 0.341. The first kappa shape index (κ1) is 8.13. The molecule has 0 heterocycles. The molecule has 0 bridgehead atoms. The van der Waals surface area contributed by atoms with Crippen LogP contribution < -0.4 is 0 Å². The van der Waals surface area contributed by atoms with Crippen LogP contribution in [0.1, 0.15) is 32.6 Å². The van der Waals surface area contributed by atoms with Gasteiger partial charge in [-0.3, -0.25) is 0 Å². The van der Waals surface area contributed by atoms with Crippen LogP contribution in [0.2, 0.25) is 0 Å². The molecule has 0 fully saturated rings. The van der Waals surface area contributed by atoms with Crippen molar-refractivity contribution in [1.82, 2.24) is 0 Å². The van der Waals surface area contributed by atoms with Gasteiger partial charge in [0, 0.05) is 5.38 Å². The molecule has 0 spiro atoms. The van der Waals surface area contributed by atoms with E-state index in [0.29, 0.717) is 5.38 Å². The van der Waals surface area contributed by atoms with Gasteiger partial charge in [0.15, 0.2) is 0 Å². The Hall–Kier alpha value is 0.0300. The summed E-state index contributed by atoms with van der Waals surface area (Å²) in [6.07, 6.45) is 9.72. The molecule has 1 aliphatic rings. The van der Waals surface area contributed by atoms with Crippen molar-refractivity contribution in [2.45, 2.75) is 38.0 Å². The highest BCUT2D eigenvalue weighted by Crippen LogP contribution is 2.22. The van der Waals surface area contributed by atoms with E-state index in [0.717, 1.165) is 12.3 Å². The monoisotopic (exact) mass is 158 g/mol. The van der Waals surface area contributed by atoms with E-state index in [9.17, 15) is 0 Å². The second-order valence-electron chi connectivity index (χ2n) is 3.14. The minimum Gasteiger partial charge on any atom is -0.123 e. The molecule has 0 aromatic heterocycles. The first-order valence-corrected chi connectivity index (χ1v) is 4.53.